The number of aromatic nitrogens is 3. The number of rotatable bonds is 9. The monoisotopic (exact) mass is 515 g/mol. The summed E-state index contributed by atoms with van der Waals surface area (Å²) < 4.78 is 11.4. The third-order valence-corrected chi connectivity index (χ3v) is 8.34. The van der Waals surface area contributed by atoms with Gasteiger partial charge in [-0.05, 0) is 81.5 Å². The van der Waals surface area contributed by atoms with Crippen molar-refractivity contribution < 1.29 is 14.3 Å². The molecule has 0 bridgehead atoms. The third-order valence-electron chi connectivity index (χ3n) is 8.34. The van der Waals surface area contributed by atoms with Gasteiger partial charge in [-0.25, -0.2) is 0 Å². The first-order valence-electron chi connectivity index (χ1n) is 14.1. The van der Waals surface area contributed by atoms with E-state index in [9.17, 15) is 4.79 Å². The van der Waals surface area contributed by atoms with Crippen LogP contribution in [0.1, 0.15) is 66.6 Å². The molecule has 2 saturated carbocycles. The zero-order valence-electron chi connectivity index (χ0n) is 22.2. The first kappa shape index (κ1) is 25.0. The molecule has 3 heterocycles. The van der Waals surface area contributed by atoms with Crippen LogP contribution in [0.2, 0.25) is 0 Å². The summed E-state index contributed by atoms with van der Waals surface area (Å²) in [6.07, 6.45) is 10.7. The Morgan fingerprint density at radius 3 is 2.71 bits per heavy atom. The van der Waals surface area contributed by atoms with Crippen molar-refractivity contribution in [1.29, 1.82) is 0 Å². The Morgan fingerprint density at radius 2 is 1.89 bits per heavy atom. The molecule has 1 amide bonds. The molecule has 200 valence electrons. The van der Waals surface area contributed by atoms with Gasteiger partial charge in [0.05, 0.1) is 30.5 Å². The van der Waals surface area contributed by atoms with Crippen molar-refractivity contribution in [3.8, 4) is 11.9 Å². The highest BCUT2D eigenvalue weighted by molar-refractivity contribution is 6.06. The average molecular weight is 516 g/mol. The maximum absolute atomic E-state index is 13.0. The van der Waals surface area contributed by atoms with Gasteiger partial charge in [-0.3, -0.25) is 14.7 Å². The molecule has 38 heavy (non-hydrogen) atoms. The van der Waals surface area contributed by atoms with Gasteiger partial charge in [0.1, 0.15) is 0 Å². The maximum Gasteiger partial charge on any atom is 0.319 e. The van der Waals surface area contributed by atoms with Gasteiger partial charge in [0, 0.05) is 42.7 Å². The van der Waals surface area contributed by atoms with Crippen molar-refractivity contribution in [2.24, 2.45) is 11.8 Å². The smallest absolute Gasteiger partial charge is 0.319 e. The van der Waals surface area contributed by atoms with E-state index in [-0.39, 0.29) is 11.9 Å². The summed E-state index contributed by atoms with van der Waals surface area (Å²) in [5.74, 6) is 2.10. The van der Waals surface area contributed by atoms with E-state index >= 15 is 0 Å². The van der Waals surface area contributed by atoms with Crippen LogP contribution in [0.5, 0.6) is 11.9 Å². The lowest BCUT2D eigenvalue weighted by Gasteiger charge is -2.33. The fourth-order valence-corrected chi connectivity index (χ4v) is 5.83. The van der Waals surface area contributed by atoms with Gasteiger partial charge in [0.15, 0.2) is 0 Å². The predicted octanol–water partition coefficient (Wildman–Crippen LogP) is 4.56. The molecule has 6 rings (SSSR count). The number of amides is 1. The zero-order chi connectivity index (χ0) is 25.9. The highest BCUT2D eigenvalue weighted by Crippen LogP contribution is 2.33. The highest BCUT2D eigenvalue weighted by Gasteiger charge is 2.28. The van der Waals surface area contributed by atoms with E-state index in [1.54, 1.807) is 13.3 Å². The summed E-state index contributed by atoms with van der Waals surface area (Å²) in [5, 5.41) is 4.20. The van der Waals surface area contributed by atoms with Crippen LogP contribution in [0, 0.1) is 11.8 Å². The van der Waals surface area contributed by atoms with E-state index < -0.39 is 0 Å². The fourth-order valence-electron chi connectivity index (χ4n) is 5.83. The zero-order valence-corrected chi connectivity index (χ0v) is 22.2. The predicted molar refractivity (Wildman–Crippen MR) is 145 cm³/mol. The van der Waals surface area contributed by atoms with Crippen LogP contribution in [0.3, 0.4) is 0 Å². The molecule has 2 aromatic heterocycles. The van der Waals surface area contributed by atoms with Crippen LogP contribution in [-0.2, 0) is 13.0 Å². The van der Waals surface area contributed by atoms with Crippen LogP contribution < -0.4 is 14.8 Å². The number of nitrogens with one attached hydrogen (secondary N) is 1. The molecule has 8 nitrogen and oxygen atoms in total. The summed E-state index contributed by atoms with van der Waals surface area (Å²) in [6, 6.07) is 10.3. The van der Waals surface area contributed by atoms with Gasteiger partial charge in [-0.2, -0.15) is 9.97 Å². The van der Waals surface area contributed by atoms with Gasteiger partial charge in [0.2, 0.25) is 5.88 Å². The lowest BCUT2D eigenvalue weighted by molar-refractivity contribution is 0.0921. The van der Waals surface area contributed by atoms with E-state index in [1.807, 2.05) is 30.3 Å². The van der Waals surface area contributed by atoms with Gasteiger partial charge >= 0.3 is 6.01 Å². The van der Waals surface area contributed by atoms with Gasteiger partial charge in [-0.15, -0.1) is 0 Å². The molecule has 2 aliphatic carbocycles. The minimum Gasteiger partial charge on any atom is -0.477 e. The molecule has 1 aromatic carbocycles. The maximum atomic E-state index is 13.0. The fraction of sp³-hybridized carbons (Fsp3) is 0.533. The number of nitrogens with zero attached hydrogens (tertiary/aromatic N) is 4. The normalized spacial score (nSPS) is 21.6. The summed E-state index contributed by atoms with van der Waals surface area (Å²) in [4.78, 5) is 29.1. The molecule has 0 atom stereocenters. The minimum atomic E-state index is 0.0117. The highest BCUT2D eigenvalue weighted by atomic mass is 16.5. The third kappa shape index (κ3) is 5.75. The van der Waals surface area contributed by atoms with E-state index in [0.29, 0.717) is 29.3 Å². The van der Waals surface area contributed by atoms with Crippen LogP contribution in [-0.4, -0.2) is 58.6 Å². The Balaban J connectivity index is 0.993. The first-order valence-corrected chi connectivity index (χ1v) is 14.1. The van der Waals surface area contributed by atoms with Crippen molar-refractivity contribution >= 4 is 16.8 Å². The summed E-state index contributed by atoms with van der Waals surface area (Å²) >= 11 is 0. The van der Waals surface area contributed by atoms with Crippen LogP contribution >= 0.6 is 0 Å². The van der Waals surface area contributed by atoms with Crippen molar-refractivity contribution in [3.63, 3.8) is 0 Å². The molecule has 3 aliphatic rings. The second-order valence-corrected chi connectivity index (χ2v) is 11.1. The molecule has 0 spiro atoms. The molecule has 0 radical (unpaired) electrons. The number of pyridine rings is 1. The lowest BCUT2D eigenvalue weighted by Crippen LogP contribution is -2.38. The van der Waals surface area contributed by atoms with Gasteiger partial charge in [0.25, 0.3) is 5.91 Å². The molecule has 8 heteroatoms. The van der Waals surface area contributed by atoms with E-state index in [0.717, 1.165) is 80.5 Å². The molecule has 2 fully saturated rings. The Bertz CT molecular complexity index is 1280. The van der Waals surface area contributed by atoms with E-state index in [4.69, 9.17) is 9.47 Å². The van der Waals surface area contributed by atoms with Gasteiger partial charge in [-0.1, -0.05) is 12.1 Å². The molecular weight excluding hydrogens is 478 g/mol. The average Bonchev–Trinajstić information content (AvgIpc) is 3.79. The topological polar surface area (TPSA) is 89.5 Å². The van der Waals surface area contributed by atoms with Crippen molar-refractivity contribution in [2.75, 3.05) is 26.8 Å². The molecular formula is C30H37N5O3. The summed E-state index contributed by atoms with van der Waals surface area (Å²) in [5.41, 5.74) is 3.77. The number of fused-ring (bicyclic) bond motifs is 2. The largest absolute Gasteiger partial charge is 0.477 e. The quantitative estimate of drug-likeness (QED) is 0.447. The second kappa shape index (κ2) is 11.2. The van der Waals surface area contributed by atoms with Crippen LogP contribution in [0.25, 0.3) is 10.9 Å². The van der Waals surface area contributed by atoms with E-state index in [1.165, 1.54) is 19.3 Å². The number of benzene rings is 1. The number of methoxy groups -OCH3 is 1. The Labute approximate surface area is 224 Å². The van der Waals surface area contributed by atoms with Crippen LogP contribution in [0.4, 0.5) is 0 Å². The molecule has 0 saturated heterocycles. The van der Waals surface area contributed by atoms with Crippen LogP contribution in [0.15, 0.2) is 36.5 Å². The van der Waals surface area contributed by atoms with Crippen molar-refractivity contribution in [2.45, 2.75) is 64.0 Å². The Morgan fingerprint density at radius 1 is 1.05 bits per heavy atom. The van der Waals surface area contributed by atoms with Crippen molar-refractivity contribution in [1.82, 2.24) is 25.2 Å². The lowest BCUT2D eigenvalue weighted by atomic mass is 9.83. The number of carbonyl (C=O) groups is 1. The second-order valence-electron chi connectivity index (χ2n) is 11.1. The van der Waals surface area contributed by atoms with E-state index in [2.05, 4.69) is 25.2 Å². The molecule has 1 aliphatic heterocycles. The number of carbonyl (C=O) groups excluding carboxylic acids is 1. The first-order chi connectivity index (χ1) is 18.7. The standard InChI is InChI=1S/C30H37N5O3/c1-37-30-33-27-14-17-35(18-25(27)29(34-30)38-19-21-7-8-21)16-13-20-9-11-22(12-10-20)32-28(36)24-4-2-6-26-23(24)5-3-15-31-26/h2-6,15,20-22H,7-14,16-19H2,1H3,(H,32,36)/t20-,22-. The molecule has 0 unspecified atom stereocenters. The van der Waals surface area contributed by atoms with Crippen molar-refractivity contribution in [3.05, 3.63) is 53.3 Å². The molecule has 3 aromatic rings. The summed E-state index contributed by atoms with van der Waals surface area (Å²) in [6.45, 7) is 3.65. The Kier molecular flexibility index (Phi) is 7.40. The van der Waals surface area contributed by atoms with Gasteiger partial charge < -0.3 is 14.8 Å². The number of ether oxygens (including phenoxy) is 2. The number of hydrogen-bond donors (Lipinski definition) is 1. The number of hydrogen-bond acceptors (Lipinski definition) is 7. The molecule has 1 N–H and O–H groups in total. The SMILES string of the molecule is COc1nc2c(c(OCC3CC3)n1)CN(CC[C@H]1CC[C@H](NC(=O)c3cccc4ncccc34)CC1)CC2. The summed E-state index contributed by atoms with van der Waals surface area (Å²) in [7, 11) is 1.61. The Hall–Kier alpha value is -3.26. The minimum absolute atomic E-state index is 0.0117.